The van der Waals surface area contributed by atoms with Crippen molar-refractivity contribution >= 4 is 44.3 Å². The summed E-state index contributed by atoms with van der Waals surface area (Å²) in [5.41, 5.74) is -5.80. The van der Waals surface area contributed by atoms with Crippen LogP contribution in [0.15, 0.2) is 18.3 Å². The van der Waals surface area contributed by atoms with Crippen LogP contribution in [0.4, 0.5) is 13.2 Å². The average molecular weight is 333 g/mol. The van der Waals surface area contributed by atoms with Crippen molar-refractivity contribution in [3.63, 3.8) is 0 Å². The van der Waals surface area contributed by atoms with Gasteiger partial charge < -0.3 is 0 Å². The van der Waals surface area contributed by atoms with E-state index in [2.05, 4.69) is 4.98 Å². The molecule has 10 heteroatoms. The minimum Gasteiger partial charge on any atom is -0.237 e. The molecule has 4 nitrogen and oxygen atoms in total. The molecule has 0 amide bonds. The zero-order valence-corrected chi connectivity index (χ0v) is 11.3. The Hall–Kier alpha value is -0.990. The van der Waals surface area contributed by atoms with E-state index in [1.165, 1.54) is 18.3 Å². The van der Waals surface area contributed by atoms with Crippen molar-refractivity contribution in [2.75, 3.05) is 0 Å². The standard InChI is InChI=1S/C9H5Cl2F3N2O2S/c10-4-6-5-2-1-3-15-8(5)16(7(6)11)19(17,18)9(12,13)14/h1-3H,4H2. The van der Waals surface area contributed by atoms with Gasteiger partial charge in [0.2, 0.25) is 0 Å². The van der Waals surface area contributed by atoms with Gasteiger partial charge >= 0.3 is 15.5 Å². The number of alkyl halides is 4. The summed E-state index contributed by atoms with van der Waals surface area (Å²) in [5.74, 6) is -0.235. The maximum atomic E-state index is 12.6. The number of fused-ring (bicyclic) bond motifs is 1. The Morgan fingerprint density at radius 1 is 1.37 bits per heavy atom. The minimum absolute atomic E-state index is 0.0401. The predicted octanol–water partition coefficient (Wildman–Crippen LogP) is 3.13. The second-order valence-electron chi connectivity index (χ2n) is 3.49. The van der Waals surface area contributed by atoms with Crippen LogP contribution in [0.1, 0.15) is 5.56 Å². The van der Waals surface area contributed by atoms with Gasteiger partial charge in [-0.05, 0) is 12.1 Å². The van der Waals surface area contributed by atoms with Crippen LogP contribution in [-0.4, -0.2) is 22.9 Å². The molecule has 0 atom stereocenters. The van der Waals surface area contributed by atoms with Crippen LogP contribution in [0.5, 0.6) is 0 Å². The maximum Gasteiger partial charge on any atom is 0.517 e. The van der Waals surface area contributed by atoms with Crippen LogP contribution in [0, 0.1) is 0 Å². The fourth-order valence-corrected chi connectivity index (χ4v) is 3.33. The molecule has 2 rings (SSSR count). The first-order valence-corrected chi connectivity index (χ1v) is 7.08. The van der Waals surface area contributed by atoms with Gasteiger partial charge in [0.05, 0.1) is 5.88 Å². The van der Waals surface area contributed by atoms with E-state index in [-0.39, 0.29) is 20.8 Å². The number of nitrogens with zero attached hydrogens (tertiary/aromatic N) is 2. The van der Waals surface area contributed by atoms with Crippen molar-refractivity contribution in [3.8, 4) is 0 Å². The van der Waals surface area contributed by atoms with Crippen molar-refractivity contribution in [2.24, 2.45) is 0 Å². The summed E-state index contributed by atoms with van der Waals surface area (Å²) in [6.07, 6.45) is 1.17. The topological polar surface area (TPSA) is 52.0 Å². The van der Waals surface area contributed by atoms with Crippen molar-refractivity contribution in [3.05, 3.63) is 29.0 Å². The highest BCUT2D eigenvalue weighted by Gasteiger charge is 2.49. The second-order valence-corrected chi connectivity index (χ2v) is 5.90. The summed E-state index contributed by atoms with van der Waals surface area (Å²) >= 11 is 11.3. The number of pyridine rings is 1. The maximum absolute atomic E-state index is 12.6. The molecule has 0 aliphatic rings. The molecular weight excluding hydrogens is 328 g/mol. The van der Waals surface area contributed by atoms with Gasteiger partial charge in [-0.2, -0.15) is 21.6 Å². The normalized spacial score (nSPS) is 13.1. The summed E-state index contributed by atoms with van der Waals surface area (Å²) in [6, 6.07) is 2.84. The van der Waals surface area contributed by atoms with Gasteiger partial charge in [0.15, 0.2) is 5.65 Å². The number of hydrogen-bond acceptors (Lipinski definition) is 3. The van der Waals surface area contributed by atoms with E-state index >= 15 is 0 Å². The fourth-order valence-electron chi connectivity index (χ4n) is 1.57. The lowest BCUT2D eigenvalue weighted by atomic mass is 10.2. The Morgan fingerprint density at radius 2 is 2.00 bits per heavy atom. The molecule has 0 saturated heterocycles. The molecular formula is C9H5Cl2F3N2O2S. The summed E-state index contributed by atoms with van der Waals surface area (Å²) in [6.45, 7) is 0. The highest BCUT2D eigenvalue weighted by molar-refractivity contribution is 7.91. The quantitative estimate of drug-likeness (QED) is 0.794. The molecule has 0 N–H and O–H groups in total. The second kappa shape index (κ2) is 4.53. The Labute approximate surface area is 115 Å². The van der Waals surface area contributed by atoms with E-state index in [1.807, 2.05) is 0 Å². The zero-order valence-electron chi connectivity index (χ0n) is 8.95. The zero-order chi connectivity index (χ0) is 14.4. The van der Waals surface area contributed by atoms with Crippen molar-refractivity contribution in [1.29, 1.82) is 0 Å². The Kier molecular flexibility index (Phi) is 3.44. The number of aromatic nitrogens is 2. The van der Waals surface area contributed by atoms with E-state index in [9.17, 15) is 21.6 Å². The Balaban J connectivity index is 2.94. The highest BCUT2D eigenvalue weighted by atomic mass is 35.5. The van der Waals surface area contributed by atoms with Gasteiger partial charge in [0, 0.05) is 17.1 Å². The van der Waals surface area contributed by atoms with E-state index < -0.39 is 26.3 Å². The molecule has 0 unspecified atom stereocenters. The fraction of sp³-hybridized carbons (Fsp3) is 0.222. The third-order valence-electron chi connectivity index (χ3n) is 2.40. The molecule has 0 spiro atoms. The van der Waals surface area contributed by atoms with Gasteiger partial charge in [-0.15, -0.1) is 11.6 Å². The Morgan fingerprint density at radius 3 is 2.53 bits per heavy atom. The van der Waals surface area contributed by atoms with Crippen molar-refractivity contribution in [2.45, 2.75) is 11.4 Å². The monoisotopic (exact) mass is 332 g/mol. The molecule has 2 aromatic heterocycles. The SMILES string of the molecule is O=S(=O)(n1c(Cl)c(CCl)c2cccnc21)C(F)(F)F. The summed E-state index contributed by atoms with van der Waals surface area (Å²) in [7, 11) is -5.66. The van der Waals surface area contributed by atoms with Crippen molar-refractivity contribution < 1.29 is 21.6 Å². The van der Waals surface area contributed by atoms with E-state index in [0.717, 1.165) is 0 Å². The van der Waals surface area contributed by atoms with Gasteiger partial charge in [-0.3, -0.25) is 0 Å². The molecule has 0 saturated carbocycles. The third kappa shape index (κ3) is 2.07. The molecule has 19 heavy (non-hydrogen) atoms. The van der Waals surface area contributed by atoms with Crippen LogP contribution in [0.2, 0.25) is 5.15 Å². The first-order valence-electron chi connectivity index (χ1n) is 4.73. The van der Waals surface area contributed by atoms with E-state index in [1.54, 1.807) is 0 Å². The molecule has 0 fully saturated rings. The first-order chi connectivity index (χ1) is 8.71. The number of rotatable bonds is 2. The van der Waals surface area contributed by atoms with Gasteiger partial charge in [-0.1, -0.05) is 11.6 Å². The molecule has 0 aliphatic heterocycles. The summed E-state index contributed by atoms with van der Waals surface area (Å²) < 4.78 is 60.8. The lowest BCUT2D eigenvalue weighted by Gasteiger charge is -2.10. The molecule has 104 valence electrons. The molecule has 2 heterocycles. The highest BCUT2D eigenvalue weighted by Crippen LogP contribution is 2.36. The van der Waals surface area contributed by atoms with Crippen LogP contribution in [-0.2, 0) is 15.9 Å². The van der Waals surface area contributed by atoms with Crippen LogP contribution in [0.25, 0.3) is 11.0 Å². The summed E-state index contributed by atoms with van der Waals surface area (Å²) in [4.78, 5) is 3.63. The van der Waals surface area contributed by atoms with Crippen molar-refractivity contribution in [1.82, 2.24) is 8.96 Å². The Bertz CT molecular complexity index is 740. The van der Waals surface area contributed by atoms with Crippen LogP contribution < -0.4 is 0 Å². The van der Waals surface area contributed by atoms with E-state index in [4.69, 9.17) is 23.2 Å². The van der Waals surface area contributed by atoms with Crippen LogP contribution in [0.3, 0.4) is 0 Å². The number of halogens is 5. The van der Waals surface area contributed by atoms with Gasteiger partial charge in [-0.25, -0.2) is 8.96 Å². The van der Waals surface area contributed by atoms with Crippen LogP contribution >= 0.6 is 23.2 Å². The molecule has 0 aromatic carbocycles. The molecule has 0 bridgehead atoms. The van der Waals surface area contributed by atoms with Gasteiger partial charge in [0.25, 0.3) is 0 Å². The van der Waals surface area contributed by atoms with Gasteiger partial charge in [0.1, 0.15) is 5.15 Å². The largest absolute Gasteiger partial charge is 0.517 e. The molecule has 0 aliphatic carbocycles. The molecule has 2 aromatic rings. The first kappa shape index (κ1) is 14.4. The number of hydrogen-bond donors (Lipinski definition) is 0. The average Bonchev–Trinajstić information content (AvgIpc) is 2.59. The smallest absolute Gasteiger partial charge is 0.237 e. The lowest BCUT2D eigenvalue weighted by molar-refractivity contribution is -0.0445. The minimum atomic E-state index is -5.66. The van der Waals surface area contributed by atoms with E-state index in [0.29, 0.717) is 0 Å². The summed E-state index contributed by atoms with van der Waals surface area (Å²) in [5, 5.41) is -0.448. The predicted molar refractivity (Wildman–Crippen MR) is 64.7 cm³/mol. The lowest BCUT2D eigenvalue weighted by Crippen LogP contribution is -2.30. The molecule has 0 radical (unpaired) electrons. The third-order valence-corrected chi connectivity index (χ3v) is 4.58.